The second-order valence-corrected chi connectivity index (χ2v) is 5.79. The highest BCUT2D eigenvalue weighted by molar-refractivity contribution is 5.96. The number of nitrogens with one attached hydrogen (secondary N) is 1. The number of rotatable bonds is 3. The number of carbonyl (C=O) groups is 2. The standard InChI is InChI=1S/C16H19N5O2/c1-11-8-13(18-14(9-11)21-7-5-17-10-21)15(22)19-12-4-3-6-20(2)16(12)23/h5,7-10,12H,3-4,6H2,1-2H3,(H,19,22)/t12-/m0/s1. The lowest BCUT2D eigenvalue weighted by Gasteiger charge is -2.29. The van der Waals surface area contributed by atoms with Gasteiger partial charge in [0.25, 0.3) is 5.91 Å². The lowest BCUT2D eigenvalue weighted by molar-refractivity contribution is -0.134. The molecule has 120 valence electrons. The molecule has 1 aliphatic heterocycles. The summed E-state index contributed by atoms with van der Waals surface area (Å²) in [5.74, 6) is 0.246. The van der Waals surface area contributed by atoms with Crippen molar-refractivity contribution in [2.45, 2.75) is 25.8 Å². The van der Waals surface area contributed by atoms with Crippen molar-refractivity contribution in [3.05, 3.63) is 42.1 Å². The molecule has 1 atom stereocenters. The topological polar surface area (TPSA) is 80.1 Å². The fourth-order valence-electron chi connectivity index (χ4n) is 2.69. The highest BCUT2D eigenvalue weighted by atomic mass is 16.2. The van der Waals surface area contributed by atoms with Gasteiger partial charge < -0.3 is 10.2 Å². The highest BCUT2D eigenvalue weighted by Gasteiger charge is 2.28. The van der Waals surface area contributed by atoms with Gasteiger partial charge in [-0.2, -0.15) is 0 Å². The first kappa shape index (κ1) is 15.2. The van der Waals surface area contributed by atoms with Gasteiger partial charge in [-0.1, -0.05) is 0 Å². The molecule has 0 unspecified atom stereocenters. The molecule has 1 saturated heterocycles. The van der Waals surface area contributed by atoms with Crippen LogP contribution in [0.5, 0.6) is 0 Å². The largest absolute Gasteiger partial charge is 0.344 e. The van der Waals surface area contributed by atoms with Crippen LogP contribution in [0.15, 0.2) is 30.9 Å². The first-order valence-electron chi connectivity index (χ1n) is 7.57. The molecule has 1 N–H and O–H groups in total. The van der Waals surface area contributed by atoms with E-state index in [2.05, 4.69) is 15.3 Å². The maximum absolute atomic E-state index is 12.5. The Balaban J connectivity index is 1.81. The number of piperidine rings is 1. The van der Waals surface area contributed by atoms with Gasteiger partial charge in [0.15, 0.2) is 0 Å². The zero-order valence-corrected chi connectivity index (χ0v) is 13.2. The van der Waals surface area contributed by atoms with Crippen molar-refractivity contribution in [1.29, 1.82) is 0 Å². The summed E-state index contributed by atoms with van der Waals surface area (Å²) in [6, 6.07) is 3.12. The van der Waals surface area contributed by atoms with Gasteiger partial charge in [-0.05, 0) is 37.5 Å². The zero-order chi connectivity index (χ0) is 16.4. The number of aromatic nitrogens is 3. The van der Waals surface area contributed by atoms with Crippen LogP contribution in [0.3, 0.4) is 0 Å². The van der Waals surface area contributed by atoms with Crippen LogP contribution in [0.2, 0.25) is 0 Å². The number of hydrogen-bond acceptors (Lipinski definition) is 4. The summed E-state index contributed by atoms with van der Waals surface area (Å²) in [4.78, 5) is 34.6. The summed E-state index contributed by atoms with van der Waals surface area (Å²) in [6.45, 7) is 2.64. The molecule has 0 saturated carbocycles. The monoisotopic (exact) mass is 313 g/mol. The molecule has 7 nitrogen and oxygen atoms in total. The molecule has 3 heterocycles. The molecule has 2 aromatic rings. The molecule has 0 spiro atoms. The van der Waals surface area contributed by atoms with E-state index in [1.807, 2.05) is 13.0 Å². The normalized spacial score (nSPS) is 18.1. The van der Waals surface area contributed by atoms with Crippen molar-refractivity contribution in [2.75, 3.05) is 13.6 Å². The average Bonchev–Trinajstić information content (AvgIpc) is 3.05. The third kappa shape index (κ3) is 3.23. The average molecular weight is 313 g/mol. The number of likely N-dealkylation sites (N-methyl/N-ethyl adjacent to an activating group) is 1. The predicted octanol–water partition coefficient (Wildman–Crippen LogP) is 0.926. The van der Waals surface area contributed by atoms with Crippen LogP contribution >= 0.6 is 0 Å². The van der Waals surface area contributed by atoms with Crippen molar-refractivity contribution in [3.8, 4) is 5.82 Å². The van der Waals surface area contributed by atoms with Gasteiger partial charge in [0.05, 0.1) is 0 Å². The van der Waals surface area contributed by atoms with Gasteiger partial charge >= 0.3 is 0 Å². The minimum Gasteiger partial charge on any atom is -0.344 e. The fourth-order valence-corrected chi connectivity index (χ4v) is 2.69. The number of hydrogen-bond donors (Lipinski definition) is 1. The second kappa shape index (κ2) is 6.20. The number of aryl methyl sites for hydroxylation is 1. The van der Waals surface area contributed by atoms with Crippen LogP contribution in [-0.2, 0) is 4.79 Å². The highest BCUT2D eigenvalue weighted by Crippen LogP contribution is 2.13. The van der Waals surface area contributed by atoms with Gasteiger partial charge in [-0.15, -0.1) is 0 Å². The molecular formula is C16H19N5O2. The molecular weight excluding hydrogens is 294 g/mol. The molecule has 1 aliphatic rings. The summed E-state index contributed by atoms with van der Waals surface area (Å²) in [7, 11) is 1.75. The van der Waals surface area contributed by atoms with Crippen LogP contribution in [0.25, 0.3) is 5.82 Å². The third-order valence-electron chi connectivity index (χ3n) is 3.92. The van der Waals surface area contributed by atoms with Gasteiger partial charge in [0, 0.05) is 26.0 Å². The maximum atomic E-state index is 12.5. The van der Waals surface area contributed by atoms with E-state index in [9.17, 15) is 9.59 Å². The van der Waals surface area contributed by atoms with Crippen LogP contribution in [-0.4, -0.2) is 50.9 Å². The molecule has 0 radical (unpaired) electrons. The lowest BCUT2D eigenvalue weighted by Crippen LogP contribution is -2.50. The van der Waals surface area contributed by atoms with Crippen molar-refractivity contribution in [2.24, 2.45) is 0 Å². The van der Waals surface area contributed by atoms with E-state index in [1.54, 1.807) is 41.3 Å². The molecule has 1 fully saturated rings. The van der Waals surface area contributed by atoms with E-state index in [4.69, 9.17) is 0 Å². The van der Waals surface area contributed by atoms with Crippen molar-refractivity contribution < 1.29 is 9.59 Å². The summed E-state index contributed by atoms with van der Waals surface area (Å²) < 4.78 is 1.74. The molecule has 0 bridgehead atoms. The number of pyridine rings is 1. The molecule has 23 heavy (non-hydrogen) atoms. The molecule has 0 aromatic carbocycles. The van der Waals surface area contributed by atoms with Gasteiger partial charge in [-0.25, -0.2) is 9.97 Å². The van der Waals surface area contributed by atoms with E-state index in [0.29, 0.717) is 17.9 Å². The third-order valence-corrected chi connectivity index (χ3v) is 3.92. The number of likely N-dealkylation sites (tertiary alicyclic amines) is 1. The maximum Gasteiger partial charge on any atom is 0.270 e. The Labute approximate surface area is 134 Å². The van der Waals surface area contributed by atoms with Gasteiger partial charge in [0.1, 0.15) is 23.9 Å². The Hall–Kier alpha value is -2.70. The van der Waals surface area contributed by atoms with Crippen molar-refractivity contribution >= 4 is 11.8 Å². The van der Waals surface area contributed by atoms with Crippen LogP contribution in [0, 0.1) is 6.92 Å². The number of imidazole rings is 1. The van der Waals surface area contributed by atoms with Crippen LogP contribution < -0.4 is 5.32 Å². The minimum atomic E-state index is -0.472. The zero-order valence-electron chi connectivity index (χ0n) is 13.2. The van der Waals surface area contributed by atoms with E-state index in [0.717, 1.165) is 18.5 Å². The summed E-state index contributed by atoms with van der Waals surface area (Å²) in [5.41, 5.74) is 1.22. The molecule has 2 aromatic heterocycles. The second-order valence-electron chi connectivity index (χ2n) is 5.79. The van der Waals surface area contributed by atoms with Crippen molar-refractivity contribution in [1.82, 2.24) is 24.8 Å². The summed E-state index contributed by atoms with van der Waals surface area (Å²) in [5, 5.41) is 2.80. The minimum absolute atomic E-state index is 0.0490. The Morgan fingerprint density at radius 3 is 2.96 bits per heavy atom. The number of carbonyl (C=O) groups excluding carboxylic acids is 2. The molecule has 3 rings (SSSR count). The fraction of sp³-hybridized carbons (Fsp3) is 0.375. The van der Waals surface area contributed by atoms with Crippen molar-refractivity contribution in [3.63, 3.8) is 0 Å². The van der Waals surface area contributed by atoms with E-state index in [-0.39, 0.29) is 11.8 Å². The van der Waals surface area contributed by atoms with Gasteiger partial charge in [-0.3, -0.25) is 14.2 Å². The van der Waals surface area contributed by atoms with Crippen LogP contribution in [0.4, 0.5) is 0 Å². The Morgan fingerprint density at radius 1 is 1.39 bits per heavy atom. The Kier molecular flexibility index (Phi) is 4.10. The molecule has 7 heteroatoms. The van der Waals surface area contributed by atoms with E-state index in [1.165, 1.54) is 0 Å². The summed E-state index contributed by atoms with van der Waals surface area (Å²) in [6.07, 6.45) is 6.59. The van der Waals surface area contributed by atoms with Crippen LogP contribution in [0.1, 0.15) is 28.9 Å². The number of nitrogens with zero attached hydrogens (tertiary/aromatic N) is 4. The summed E-state index contributed by atoms with van der Waals surface area (Å²) >= 11 is 0. The first-order chi connectivity index (χ1) is 11.0. The quantitative estimate of drug-likeness (QED) is 0.914. The van der Waals surface area contributed by atoms with Gasteiger partial charge in [0.2, 0.25) is 5.91 Å². The van der Waals surface area contributed by atoms with E-state index < -0.39 is 6.04 Å². The smallest absolute Gasteiger partial charge is 0.270 e. The Bertz CT molecular complexity index is 726. The predicted molar refractivity (Wildman–Crippen MR) is 84.2 cm³/mol. The lowest BCUT2D eigenvalue weighted by atomic mass is 10.1. The Morgan fingerprint density at radius 2 is 2.22 bits per heavy atom. The molecule has 0 aliphatic carbocycles. The number of amides is 2. The first-order valence-corrected chi connectivity index (χ1v) is 7.57. The molecule has 2 amide bonds. The van der Waals surface area contributed by atoms with E-state index >= 15 is 0 Å². The SMILES string of the molecule is Cc1cc(C(=O)N[C@H]2CCCN(C)C2=O)nc(-n2ccnc2)c1.